The van der Waals surface area contributed by atoms with Crippen LogP contribution in [0.1, 0.15) is 31.4 Å². The van der Waals surface area contributed by atoms with Gasteiger partial charge in [0.2, 0.25) is 0 Å². The maximum Gasteiger partial charge on any atom is 0.191 e. The van der Waals surface area contributed by atoms with Crippen molar-refractivity contribution in [1.82, 2.24) is 15.5 Å². The lowest BCUT2D eigenvalue weighted by Crippen LogP contribution is -2.43. The van der Waals surface area contributed by atoms with Crippen LogP contribution in [0, 0.1) is 5.92 Å². The number of hydrogen-bond donors (Lipinski definition) is 2. The number of furan rings is 1. The van der Waals surface area contributed by atoms with Crippen molar-refractivity contribution >= 4 is 29.9 Å². The summed E-state index contributed by atoms with van der Waals surface area (Å²) in [6.07, 6.45) is 8.25. The van der Waals surface area contributed by atoms with Crippen LogP contribution in [0.5, 0.6) is 0 Å². The highest BCUT2D eigenvalue weighted by Crippen LogP contribution is 2.34. The fourth-order valence-electron chi connectivity index (χ4n) is 2.79. The molecule has 0 aliphatic heterocycles. The number of rotatable bonds is 9. The summed E-state index contributed by atoms with van der Waals surface area (Å²) in [6, 6.07) is 4.79. The number of nitrogens with one attached hydrogen (secondary N) is 2. The molecule has 0 spiro atoms. The molecule has 2 saturated carbocycles. The standard InChI is InChI=1S/C17H28N4O.HI/c1-18-17(19-9-8-16-3-2-12-22-16)20-10-11-21(15-6-7-15)13-14-4-5-14;/h2-3,12,14-15H,4-11,13H2,1H3,(H2,18,19,20);1H. The van der Waals surface area contributed by atoms with Crippen LogP contribution in [0.4, 0.5) is 0 Å². The van der Waals surface area contributed by atoms with Gasteiger partial charge in [-0.3, -0.25) is 9.89 Å². The van der Waals surface area contributed by atoms with Gasteiger partial charge in [0.25, 0.3) is 0 Å². The summed E-state index contributed by atoms with van der Waals surface area (Å²) in [6.45, 7) is 4.22. The van der Waals surface area contributed by atoms with Crippen molar-refractivity contribution in [3.05, 3.63) is 24.2 Å². The van der Waals surface area contributed by atoms with Gasteiger partial charge in [0.1, 0.15) is 5.76 Å². The van der Waals surface area contributed by atoms with Crippen LogP contribution in [0.2, 0.25) is 0 Å². The van der Waals surface area contributed by atoms with Gasteiger partial charge >= 0.3 is 0 Å². The molecule has 2 aliphatic carbocycles. The number of hydrogen-bond acceptors (Lipinski definition) is 3. The summed E-state index contributed by atoms with van der Waals surface area (Å²) in [5.74, 6) is 2.87. The van der Waals surface area contributed by atoms with Crippen LogP contribution in [0.3, 0.4) is 0 Å². The smallest absolute Gasteiger partial charge is 0.191 e. The van der Waals surface area contributed by atoms with Crippen LogP contribution < -0.4 is 10.6 Å². The lowest BCUT2D eigenvalue weighted by molar-refractivity contribution is 0.256. The monoisotopic (exact) mass is 432 g/mol. The van der Waals surface area contributed by atoms with Gasteiger partial charge in [-0.1, -0.05) is 0 Å². The Morgan fingerprint density at radius 1 is 1.26 bits per heavy atom. The molecular weight excluding hydrogens is 403 g/mol. The maximum absolute atomic E-state index is 5.33. The van der Waals surface area contributed by atoms with Crippen molar-refractivity contribution in [2.75, 3.05) is 33.2 Å². The summed E-state index contributed by atoms with van der Waals surface area (Å²) in [5, 5.41) is 6.76. The average Bonchev–Trinajstić information content (AvgIpc) is 3.45. The zero-order valence-electron chi connectivity index (χ0n) is 14.0. The fourth-order valence-corrected chi connectivity index (χ4v) is 2.79. The minimum atomic E-state index is 0. The summed E-state index contributed by atoms with van der Waals surface area (Å²) < 4.78 is 5.33. The third kappa shape index (κ3) is 6.71. The van der Waals surface area contributed by atoms with Crippen molar-refractivity contribution in [3.8, 4) is 0 Å². The molecule has 2 aliphatic rings. The van der Waals surface area contributed by atoms with Gasteiger partial charge in [0.15, 0.2) is 5.96 Å². The molecule has 3 rings (SSSR count). The SMILES string of the molecule is CN=C(NCCc1ccco1)NCCN(CC1CC1)C1CC1.I. The van der Waals surface area contributed by atoms with Gasteiger partial charge in [0, 0.05) is 45.7 Å². The van der Waals surface area contributed by atoms with Gasteiger partial charge in [-0.2, -0.15) is 0 Å². The molecule has 0 saturated heterocycles. The minimum absolute atomic E-state index is 0. The Balaban J connectivity index is 0.00000192. The van der Waals surface area contributed by atoms with E-state index < -0.39 is 0 Å². The summed E-state index contributed by atoms with van der Waals surface area (Å²) in [7, 11) is 1.82. The molecular formula is C17H29IN4O. The third-order valence-corrected chi connectivity index (χ3v) is 4.41. The highest BCUT2D eigenvalue weighted by molar-refractivity contribution is 14.0. The molecule has 130 valence electrons. The second-order valence-corrected chi connectivity index (χ2v) is 6.42. The molecule has 5 nitrogen and oxygen atoms in total. The molecule has 1 aromatic rings. The Morgan fingerprint density at radius 2 is 2.04 bits per heavy atom. The van der Waals surface area contributed by atoms with E-state index in [-0.39, 0.29) is 24.0 Å². The molecule has 6 heteroatoms. The van der Waals surface area contributed by atoms with Crippen molar-refractivity contribution in [2.45, 2.75) is 38.1 Å². The van der Waals surface area contributed by atoms with Crippen molar-refractivity contribution in [2.24, 2.45) is 10.9 Å². The quantitative estimate of drug-likeness (QED) is 0.358. The molecule has 2 N–H and O–H groups in total. The Morgan fingerprint density at radius 3 is 2.65 bits per heavy atom. The normalized spacial score (nSPS) is 17.9. The third-order valence-electron chi connectivity index (χ3n) is 4.41. The molecule has 0 aromatic carbocycles. The molecule has 23 heavy (non-hydrogen) atoms. The van der Waals surface area contributed by atoms with E-state index in [1.54, 1.807) is 6.26 Å². The predicted octanol–water partition coefficient (Wildman–Crippen LogP) is 2.48. The highest BCUT2D eigenvalue weighted by Gasteiger charge is 2.33. The maximum atomic E-state index is 5.33. The first-order valence-electron chi connectivity index (χ1n) is 8.56. The Labute approximate surface area is 156 Å². The van der Waals surface area contributed by atoms with Gasteiger partial charge in [0.05, 0.1) is 6.26 Å². The molecule has 0 amide bonds. The van der Waals surface area contributed by atoms with Gasteiger partial charge in [-0.05, 0) is 43.7 Å². The Kier molecular flexibility index (Phi) is 7.69. The summed E-state index contributed by atoms with van der Waals surface area (Å²) >= 11 is 0. The zero-order valence-corrected chi connectivity index (χ0v) is 16.3. The molecule has 0 unspecified atom stereocenters. The Hall–Kier alpha value is -0.760. The van der Waals surface area contributed by atoms with E-state index in [4.69, 9.17) is 4.42 Å². The topological polar surface area (TPSA) is 52.8 Å². The Bertz CT molecular complexity index is 469. The molecule has 1 aromatic heterocycles. The van der Waals surface area contributed by atoms with E-state index in [1.807, 2.05) is 19.2 Å². The van der Waals surface area contributed by atoms with E-state index in [1.165, 1.54) is 32.2 Å². The first-order chi connectivity index (χ1) is 10.8. The van der Waals surface area contributed by atoms with Crippen molar-refractivity contribution < 1.29 is 4.42 Å². The second-order valence-electron chi connectivity index (χ2n) is 6.42. The molecule has 0 bridgehead atoms. The summed E-state index contributed by atoms with van der Waals surface area (Å²) in [5.41, 5.74) is 0. The molecule has 1 heterocycles. The second kappa shape index (κ2) is 9.52. The first kappa shape index (κ1) is 18.6. The van der Waals surface area contributed by atoms with Gasteiger partial charge in [-0.25, -0.2) is 0 Å². The molecule has 0 radical (unpaired) electrons. The fraction of sp³-hybridized carbons (Fsp3) is 0.706. The molecule has 2 fully saturated rings. The van der Waals surface area contributed by atoms with Crippen LogP contribution >= 0.6 is 24.0 Å². The lowest BCUT2D eigenvalue weighted by atomic mass is 10.3. The number of halogens is 1. The van der Waals surface area contributed by atoms with Gasteiger partial charge in [-0.15, -0.1) is 24.0 Å². The van der Waals surface area contributed by atoms with Gasteiger partial charge < -0.3 is 15.1 Å². The predicted molar refractivity (Wildman–Crippen MR) is 105 cm³/mol. The number of aliphatic imine (C=N–C) groups is 1. The van der Waals surface area contributed by atoms with Crippen LogP contribution in [-0.4, -0.2) is 50.1 Å². The van der Waals surface area contributed by atoms with E-state index in [0.29, 0.717) is 0 Å². The van der Waals surface area contributed by atoms with Crippen molar-refractivity contribution in [1.29, 1.82) is 0 Å². The largest absolute Gasteiger partial charge is 0.469 e. The van der Waals surface area contributed by atoms with E-state index in [2.05, 4.69) is 20.5 Å². The van der Waals surface area contributed by atoms with Crippen LogP contribution in [0.15, 0.2) is 27.8 Å². The first-order valence-corrected chi connectivity index (χ1v) is 8.56. The number of nitrogens with zero attached hydrogens (tertiary/aromatic N) is 2. The minimum Gasteiger partial charge on any atom is -0.469 e. The number of guanidine groups is 1. The highest BCUT2D eigenvalue weighted by atomic mass is 127. The van der Waals surface area contributed by atoms with E-state index in [0.717, 1.165) is 49.7 Å². The molecule has 0 atom stereocenters. The van der Waals surface area contributed by atoms with Crippen LogP contribution in [0.25, 0.3) is 0 Å². The van der Waals surface area contributed by atoms with Crippen molar-refractivity contribution in [3.63, 3.8) is 0 Å². The lowest BCUT2D eigenvalue weighted by Gasteiger charge is -2.22. The average molecular weight is 432 g/mol. The summed E-state index contributed by atoms with van der Waals surface area (Å²) in [4.78, 5) is 6.95. The van der Waals surface area contributed by atoms with Crippen LogP contribution in [-0.2, 0) is 6.42 Å². The van der Waals surface area contributed by atoms with E-state index >= 15 is 0 Å². The van der Waals surface area contributed by atoms with E-state index in [9.17, 15) is 0 Å². The zero-order chi connectivity index (χ0) is 15.2.